The lowest BCUT2D eigenvalue weighted by atomic mass is 9.74. The molecule has 1 heterocycles. The first-order valence-corrected chi connectivity index (χ1v) is 14.1. The smallest absolute Gasteiger partial charge is 0.128 e. The second-order valence-electron chi connectivity index (χ2n) is 10.9. The molecule has 6 nitrogen and oxygen atoms in total. The number of hydrogen-bond acceptors (Lipinski definition) is 5. The molecule has 42 heavy (non-hydrogen) atoms. The zero-order chi connectivity index (χ0) is 28.8. The molecule has 7 rings (SSSR count). The summed E-state index contributed by atoms with van der Waals surface area (Å²) in [6.45, 7) is 0. The molecule has 0 aromatic heterocycles. The van der Waals surface area contributed by atoms with Gasteiger partial charge in [-0.1, -0.05) is 54.6 Å². The molecule has 3 unspecified atom stereocenters. The molecule has 6 heteroatoms. The van der Waals surface area contributed by atoms with Crippen molar-refractivity contribution >= 4 is 11.5 Å². The van der Waals surface area contributed by atoms with Gasteiger partial charge in [-0.05, 0) is 88.7 Å². The van der Waals surface area contributed by atoms with Crippen molar-refractivity contribution in [3.05, 3.63) is 137 Å². The molecular weight excluding hydrogens is 522 g/mol. The van der Waals surface area contributed by atoms with Gasteiger partial charge in [-0.25, -0.2) is 0 Å². The van der Waals surface area contributed by atoms with E-state index >= 15 is 0 Å². The van der Waals surface area contributed by atoms with E-state index in [0.29, 0.717) is 5.75 Å². The molecule has 0 saturated carbocycles. The van der Waals surface area contributed by atoms with Crippen LogP contribution in [0, 0.1) is 11.3 Å². The first-order valence-electron chi connectivity index (χ1n) is 14.1. The molecule has 0 bridgehead atoms. The highest BCUT2D eigenvalue weighted by Crippen LogP contribution is 2.56. The van der Waals surface area contributed by atoms with Gasteiger partial charge >= 0.3 is 0 Å². The minimum atomic E-state index is -0.108. The second-order valence-corrected chi connectivity index (χ2v) is 10.9. The van der Waals surface area contributed by atoms with Crippen molar-refractivity contribution < 1.29 is 14.6 Å². The number of phenolic OH excluding ortho intramolecular Hbond substituents is 1. The fraction of sp³-hybridized carbons (Fsp3) is 0.139. The fourth-order valence-electron chi connectivity index (χ4n) is 6.68. The lowest BCUT2D eigenvalue weighted by Gasteiger charge is -2.39. The number of nitrogens with one attached hydrogen (secondary N) is 2. The van der Waals surface area contributed by atoms with Gasteiger partial charge in [-0.3, -0.25) is 5.41 Å². The molecule has 5 aromatic carbocycles. The van der Waals surface area contributed by atoms with E-state index in [2.05, 4.69) is 35.6 Å². The third-order valence-corrected chi connectivity index (χ3v) is 8.51. The van der Waals surface area contributed by atoms with Gasteiger partial charge in [0.15, 0.2) is 0 Å². The Morgan fingerprint density at radius 2 is 1.60 bits per heavy atom. The van der Waals surface area contributed by atoms with Gasteiger partial charge < -0.3 is 25.6 Å². The molecule has 0 radical (unpaired) electrons. The van der Waals surface area contributed by atoms with Crippen molar-refractivity contribution in [3.8, 4) is 34.1 Å². The Labute approximate surface area is 244 Å². The lowest BCUT2D eigenvalue weighted by Crippen LogP contribution is -2.31. The molecule has 2 aliphatic rings. The van der Waals surface area contributed by atoms with Crippen molar-refractivity contribution in [1.82, 2.24) is 0 Å². The number of nitrogens with two attached hydrogens (primary N) is 1. The monoisotopic (exact) mass is 553 g/mol. The third-order valence-electron chi connectivity index (χ3n) is 8.51. The van der Waals surface area contributed by atoms with E-state index in [4.69, 9.17) is 20.6 Å². The average Bonchev–Trinajstić information content (AvgIpc) is 3.41. The maximum Gasteiger partial charge on any atom is 0.128 e. The summed E-state index contributed by atoms with van der Waals surface area (Å²) in [5.74, 6) is 2.63. The Morgan fingerprint density at radius 3 is 2.36 bits per heavy atom. The van der Waals surface area contributed by atoms with Gasteiger partial charge in [-0.15, -0.1) is 0 Å². The van der Waals surface area contributed by atoms with Crippen molar-refractivity contribution in [2.24, 2.45) is 11.7 Å². The number of ether oxygens (including phenoxy) is 2. The summed E-state index contributed by atoms with van der Waals surface area (Å²) in [5, 5.41) is 22.7. The lowest BCUT2D eigenvalue weighted by molar-refractivity contribution is 0.376. The molecule has 1 aliphatic carbocycles. The number of aromatic hydroxyl groups is 1. The summed E-state index contributed by atoms with van der Waals surface area (Å²) in [6.07, 6.45) is 0.884. The number of anilines is 1. The fourth-order valence-corrected chi connectivity index (χ4v) is 6.68. The Morgan fingerprint density at radius 1 is 0.857 bits per heavy atom. The molecule has 0 saturated heterocycles. The molecule has 5 aromatic rings. The predicted molar refractivity (Wildman–Crippen MR) is 166 cm³/mol. The number of rotatable bonds is 6. The quantitative estimate of drug-likeness (QED) is 0.128. The summed E-state index contributed by atoms with van der Waals surface area (Å²) in [6, 6.07) is 35.6. The highest BCUT2D eigenvalue weighted by molar-refractivity contribution is 5.96. The van der Waals surface area contributed by atoms with Gasteiger partial charge in [0, 0.05) is 28.8 Å². The normalized spacial score (nSPS) is 18.3. The van der Waals surface area contributed by atoms with Crippen LogP contribution in [0.25, 0.3) is 11.1 Å². The number of hydrogen-bond donors (Lipinski definition) is 4. The summed E-state index contributed by atoms with van der Waals surface area (Å²) < 4.78 is 12.0. The van der Waals surface area contributed by atoms with Crippen molar-refractivity contribution in [2.75, 3.05) is 12.4 Å². The number of para-hydroxylation sites is 1. The largest absolute Gasteiger partial charge is 0.508 e. The molecule has 5 N–H and O–H groups in total. The predicted octanol–water partition coefficient (Wildman–Crippen LogP) is 7.62. The van der Waals surface area contributed by atoms with Crippen LogP contribution in [0.4, 0.5) is 5.69 Å². The summed E-state index contributed by atoms with van der Waals surface area (Å²) in [7, 11) is 1.65. The Hall–Kier alpha value is -5.23. The number of fused-ring (bicyclic) bond motifs is 5. The topological polar surface area (TPSA) is 101 Å². The number of nitrogen functional groups attached to an aromatic ring is 1. The van der Waals surface area contributed by atoms with Crippen molar-refractivity contribution in [1.29, 1.82) is 5.41 Å². The number of methoxy groups -OCH3 is 1. The molecule has 0 spiro atoms. The van der Waals surface area contributed by atoms with Crippen LogP contribution in [0.2, 0.25) is 0 Å². The minimum Gasteiger partial charge on any atom is -0.508 e. The van der Waals surface area contributed by atoms with Crippen molar-refractivity contribution in [3.63, 3.8) is 0 Å². The standard InChI is InChI=1S/C36H31N3O3/c1-41-32-20-24(40)19-28(21-11-14-26(15-12-21)42-25-8-3-2-4-9-25)34(32)35-30-17-22-7-5-6-10-27(22)33(30)29-18-23(36(37)38)13-16-31(29)39-35/h2-16,18-20,30,33,35,39-40H,17H2,1H3,(H3,37,38). The molecule has 0 amide bonds. The van der Waals surface area contributed by atoms with Crippen LogP contribution in [-0.2, 0) is 6.42 Å². The molecule has 1 aliphatic heterocycles. The van der Waals surface area contributed by atoms with Crippen LogP contribution < -0.4 is 20.5 Å². The van der Waals surface area contributed by atoms with E-state index in [-0.39, 0.29) is 29.5 Å². The zero-order valence-electron chi connectivity index (χ0n) is 23.2. The van der Waals surface area contributed by atoms with Gasteiger partial charge in [-0.2, -0.15) is 0 Å². The zero-order valence-corrected chi connectivity index (χ0v) is 23.2. The van der Waals surface area contributed by atoms with Gasteiger partial charge in [0.2, 0.25) is 0 Å². The van der Waals surface area contributed by atoms with Gasteiger partial charge in [0.1, 0.15) is 28.8 Å². The average molecular weight is 554 g/mol. The van der Waals surface area contributed by atoms with E-state index in [1.165, 1.54) is 11.1 Å². The van der Waals surface area contributed by atoms with Crippen LogP contribution in [0.5, 0.6) is 23.0 Å². The van der Waals surface area contributed by atoms with Gasteiger partial charge in [0.05, 0.1) is 13.2 Å². The molecule has 0 fully saturated rings. The first-order chi connectivity index (χ1) is 20.5. The summed E-state index contributed by atoms with van der Waals surface area (Å²) >= 11 is 0. The first kappa shape index (κ1) is 25.7. The Bertz CT molecular complexity index is 1800. The van der Waals surface area contributed by atoms with Crippen LogP contribution in [0.1, 0.15) is 39.8 Å². The molecule has 208 valence electrons. The maximum atomic E-state index is 10.8. The number of benzene rings is 5. The summed E-state index contributed by atoms with van der Waals surface area (Å²) in [4.78, 5) is 0. The highest BCUT2D eigenvalue weighted by Gasteiger charge is 2.45. The number of phenols is 1. The highest BCUT2D eigenvalue weighted by atomic mass is 16.5. The van der Waals surface area contributed by atoms with Crippen molar-refractivity contribution in [2.45, 2.75) is 18.4 Å². The van der Waals surface area contributed by atoms with E-state index in [1.54, 1.807) is 13.2 Å². The Kier molecular flexibility index (Phi) is 6.31. The van der Waals surface area contributed by atoms with Crippen LogP contribution in [-0.4, -0.2) is 18.1 Å². The molecular formula is C36H31N3O3. The van der Waals surface area contributed by atoms with Crippen LogP contribution >= 0.6 is 0 Å². The van der Waals surface area contributed by atoms with E-state index in [9.17, 15) is 5.11 Å². The maximum absolute atomic E-state index is 10.8. The summed E-state index contributed by atoms with van der Waals surface area (Å²) in [5.41, 5.74) is 14.2. The number of amidine groups is 1. The van der Waals surface area contributed by atoms with E-state index in [0.717, 1.165) is 51.4 Å². The molecule has 3 atom stereocenters. The second kappa shape index (κ2) is 10.3. The van der Waals surface area contributed by atoms with Gasteiger partial charge in [0.25, 0.3) is 0 Å². The Balaban J connectivity index is 1.35. The SMILES string of the molecule is COc1cc(O)cc(-c2ccc(Oc3ccccc3)cc2)c1C1Nc2ccc(C(=N)N)cc2C2c3ccccc3CC12. The van der Waals surface area contributed by atoms with E-state index < -0.39 is 0 Å². The van der Waals surface area contributed by atoms with Crippen LogP contribution in [0.3, 0.4) is 0 Å². The van der Waals surface area contributed by atoms with Crippen LogP contribution in [0.15, 0.2) is 109 Å². The van der Waals surface area contributed by atoms with E-state index in [1.807, 2.05) is 72.8 Å². The minimum absolute atomic E-state index is 0.0601. The third kappa shape index (κ3) is 4.41.